The maximum atomic E-state index is 9.33. The second kappa shape index (κ2) is 6.10. The van der Waals surface area contributed by atoms with Gasteiger partial charge in [0.1, 0.15) is 17.0 Å². The van der Waals surface area contributed by atoms with Crippen molar-refractivity contribution >= 4 is 21.8 Å². The zero-order valence-corrected chi connectivity index (χ0v) is 11.7. The minimum atomic E-state index is 0.239. The molecule has 2 N–H and O–H groups in total. The first-order chi connectivity index (χ1) is 10.8. The number of phenols is 2. The summed E-state index contributed by atoms with van der Waals surface area (Å²) in [5, 5.41) is 20.4. The average molecular weight is 290 g/mol. The van der Waals surface area contributed by atoms with Crippen molar-refractivity contribution in [1.82, 2.24) is 9.97 Å². The molecule has 2 heterocycles. The van der Waals surface area contributed by atoms with E-state index in [0.717, 1.165) is 16.3 Å². The van der Waals surface area contributed by atoms with Crippen molar-refractivity contribution in [1.29, 1.82) is 0 Å². The normalized spacial score (nSPS) is 10.2. The van der Waals surface area contributed by atoms with E-state index in [-0.39, 0.29) is 11.5 Å². The lowest BCUT2D eigenvalue weighted by atomic mass is 10.2. The fourth-order valence-electron chi connectivity index (χ4n) is 2.18. The third kappa shape index (κ3) is 2.81. The van der Waals surface area contributed by atoms with Crippen molar-refractivity contribution < 1.29 is 10.2 Å². The highest BCUT2D eigenvalue weighted by molar-refractivity contribution is 5.84. The highest BCUT2D eigenvalue weighted by Gasteiger charge is 1.97. The molecule has 0 unspecified atom stereocenters. The molecular formula is C18H14N2O2. The highest BCUT2D eigenvalue weighted by atomic mass is 16.3. The van der Waals surface area contributed by atoms with Crippen LogP contribution in [0.1, 0.15) is 0 Å². The van der Waals surface area contributed by atoms with E-state index in [4.69, 9.17) is 0 Å². The van der Waals surface area contributed by atoms with Gasteiger partial charge >= 0.3 is 0 Å². The summed E-state index contributed by atoms with van der Waals surface area (Å²) in [5.74, 6) is 0.527. The number of nitrogens with zero attached hydrogens (tertiary/aromatic N) is 2. The van der Waals surface area contributed by atoms with Crippen molar-refractivity contribution in [2.75, 3.05) is 0 Å². The van der Waals surface area contributed by atoms with E-state index >= 15 is 0 Å². The van der Waals surface area contributed by atoms with Gasteiger partial charge in [-0.3, -0.25) is 9.97 Å². The molecule has 2 aromatic heterocycles. The van der Waals surface area contributed by atoms with Crippen LogP contribution < -0.4 is 0 Å². The average Bonchev–Trinajstić information content (AvgIpc) is 2.57. The number of hydrogen-bond donors (Lipinski definition) is 2. The topological polar surface area (TPSA) is 66.2 Å². The second-order valence-corrected chi connectivity index (χ2v) is 4.70. The van der Waals surface area contributed by atoms with Crippen molar-refractivity contribution in [2.24, 2.45) is 0 Å². The van der Waals surface area contributed by atoms with E-state index in [0.29, 0.717) is 5.52 Å². The Morgan fingerprint density at radius 3 is 2.14 bits per heavy atom. The maximum absolute atomic E-state index is 9.33. The van der Waals surface area contributed by atoms with E-state index in [9.17, 15) is 10.2 Å². The number of aromatic nitrogens is 2. The van der Waals surface area contributed by atoms with Crippen LogP contribution >= 0.6 is 0 Å². The summed E-state index contributed by atoms with van der Waals surface area (Å²) in [6.45, 7) is 0. The van der Waals surface area contributed by atoms with Crippen molar-refractivity contribution in [2.45, 2.75) is 0 Å². The van der Waals surface area contributed by atoms with Crippen LogP contribution in [0.2, 0.25) is 0 Å². The molecule has 0 atom stereocenters. The molecule has 0 radical (unpaired) electrons. The number of benzene rings is 2. The van der Waals surface area contributed by atoms with E-state index in [1.807, 2.05) is 36.4 Å². The van der Waals surface area contributed by atoms with Crippen LogP contribution in [0.3, 0.4) is 0 Å². The van der Waals surface area contributed by atoms with Gasteiger partial charge in [0.15, 0.2) is 0 Å². The summed E-state index contributed by atoms with van der Waals surface area (Å²) in [5.41, 5.74) is 1.49. The molecule has 4 rings (SSSR count). The summed E-state index contributed by atoms with van der Waals surface area (Å²) >= 11 is 0. The van der Waals surface area contributed by atoms with Gasteiger partial charge in [0.05, 0.1) is 5.52 Å². The van der Waals surface area contributed by atoms with E-state index in [1.54, 1.807) is 36.7 Å². The number of pyridine rings is 2. The molecule has 0 aliphatic rings. The maximum Gasteiger partial charge on any atom is 0.141 e. The Hall–Kier alpha value is -3.14. The van der Waals surface area contributed by atoms with Crippen LogP contribution in [0, 0.1) is 0 Å². The number of rotatable bonds is 0. The van der Waals surface area contributed by atoms with Gasteiger partial charge in [0.25, 0.3) is 0 Å². The minimum Gasteiger partial charge on any atom is -0.507 e. The Balaban J connectivity index is 0.000000131. The molecule has 4 heteroatoms. The van der Waals surface area contributed by atoms with Crippen LogP contribution in [0.25, 0.3) is 21.8 Å². The van der Waals surface area contributed by atoms with Gasteiger partial charge in [-0.15, -0.1) is 0 Å². The molecule has 22 heavy (non-hydrogen) atoms. The summed E-state index contributed by atoms with van der Waals surface area (Å²) in [7, 11) is 0. The molecule has 108 valence electrons. The van der Waals surface area contributed by atoms with E-state index in [1.165, 1.54) is 0 Å². The molecule has 2 aromatic carbocycles. The molecule has 0 amide bonds. The molecular weight excluding hydrogens is 276 g/mol. The quantitative estimate of drug-likeness (QED) is 0.516. The standard InChI is InChI=1S/2C9H7NO/c11-9-5-1-4-8-7(9)3-2-6-10-8;11-8-5-1-3-7-4-2-6-10-9(7)8/h2*1-6,11H. The molecule has 0 bridgehead atoms. The van der Waals surface area contributed by atoms with Gasteiger partial charge in [0, 0.05) is 23.2 Å². The SMILES string of the molecule is Oc1cccc2cccnc12.Oc1cccc2ncccc12. The number of para-hydroxylation sites is 1. The molecule has 4 nitrogen and oxygen atoms in total. The largest absolute Gasteiger partial charge is 0.507 e. The fraction of sp³-hybridized carbons (Fsp3) is 0. The summed E-state index contributed by atoms with van der Waals surface area (Å²) in [6.07, 6.45) is 3.38. The van der Waals surface area contributed by atoms with Crippen LogP contribution in [0.5, 0.6) is 11.5 Å². The summed E-state index contributed by atoms with van der Waals surface area (Å²) < 4.78 is 0. The van der Waals surface area contributed by atoms with Gasteiger partial charge in [-0.25, -0.2) is 0 Å². The van der Waals surface area contributed by atoms with Gasteiger partial charge < -0.3 is 10.2 Å². The number of fused-ring (bicyclic) bond motifs is 2. The predicted octanol–water partition coefficient (Wildman–Crippen LogP) is 3.88. The molecule has 0 aliphatic carbocycles. The molecule has 0 saturated heterocycles. The lowest BCUT2D eigenvalue weighted by Gasteiger charge is -1.96. The number of aromatic hydroxyl groups is 2. The predicted molar refractivity (Wildman–Crippen MR) is 86.8 cm³/mol. The second-order valence-electron chi connectivity index (χ2n) is 4.70. The van der Waals surface area contributed by atoms with E-state index < -0.39 is 0 Å². The third-order valence-electron chi connectivity index (χ3n) is 3.23. The minimum absolute atomic E-state index is 0.239. The Kier molecular flexibility index (Phi) is 3.83. The monoisotopic (exact) mass is 290 g/mol. The summed E-state index contributed by atoms with van der Waals surface area (Å²) in [6, 6.07) is 18.1. The van der Waals surface area contributed by atoms with Gasteiger partial charge in [0.2, 0.25) is 0 Å². The first kappa shape index (κ1) is 13.8. The molecule has 0 fully saturated rings. The van der Waals surface area contributed by atoms with Gasteiger partial charge in [-0.05, 0) is 36.4 Å². The van der Waals surface area contributed by atoms with Crippen molar-refractivity contribution in [3.05, 3.63) is 73.1 Å². The Labute approximate surface area is 127 Å². The van der Waals surface area contributed by atoms with Gasteiger partial charge in [-0.1, -0.05) is 24.3 Å². The first-order valence-electron chi connectivity index (χ1n) is 6.81. The number of hydrogen-bond acceptors (Lipinski definition) is 4. The smallest absolute Gasteiger partial charge is 0.141 e. The van der Waals surface area contributed by atoms with Crippen LogP contribution in [0.4, 0.5) is 0 Å². The lowest BCUT2D eigenvalue weighted by Crippen LogP contribution is -1.76. The fourth-order valence-corrected chi connectivity index (χ4v) is 2.18. The van der Waals surface area contributed by atoms with Gasteiger partial charge in [-0.2, -0.15) is 0 Å². The van der Waals surface area contributed by atoms with Crippen molar-refractivity contribution in [3.63, 3.8) is 0 Å². The number of phenolic OH excluding ortho intramolecular Hbond substituents is 2. The Morgan fingerprint density at radius 2 is 1.32 bits per heavy atom. The first-order valence-corrected chi connectivity index (χ1v) is 6.81. The van der Waals surface area contributed by atoms with Crippen LogP contribution in [0.15, 0.2) is 73.1 Å². The van der Waals surface area contributed by atoms with Crippen LogP contribution in [-0.2, 0) is 0 Å². The zero-order valence-electron chi connectivity index (χ0n) is 11.7. The molecule has 4 aromatic rings. The third-order valence-corrected chi connectivity index (χ3v) is 3.23. The van der Waals surface area contributed by atoms with Crippen LogP contribution in [-0.4, -0.2) is 20.2 Å². The molecule has 0 saturated carbocycles. The van der Waals surface area contributed by atoms with E-state index in [2.05, 4.69) is 9.97 Å². The highest BCUT2D eigenvalue weighted by Crippen LogP contribution is 2.21. The zero-order chi connectivity index (χ0) is 15.4. The lowest BCUT2D eigenvalue weighted by molar-refractivity contribution is 0.480. The molecule has 0 spiro atoms. The molecule has 0 aliphatic heterocycles. The Bertz CT molecular complexity index is 835. The summed E-state index contributed by atoms with van der Waals surface area (Å²) in [4.78, 5) is 8.11. The Morgan fingerprint density at radius 1 is 0.636 bits per heavy atom. The van der Waals surface area contributed by atoms with Crippen molar-refractivity contribution in [3.8, 4) is 11.5 Å².